The van der Waals surface area contributed by atoms with E-state index in [1.807, 2.05) is 25.1 Å². The highest BCUT2D eigenvalue weighted by atomic mass is 79.9. The lowest BCUT2D eigenvalue weighted by Crippen LogP contribution is -2.02. The van der Waals surface area contributed by atoms with E-state index in [0.717, 1.165) is 15.7 Å². The van der Waals surface area contributed by atoms with Crippen LogP contribution in [-0.4, -0.2) is 9.97 Å². The van der Waals surface area contributed by atoms with E-state index >= 15 is 0 Å². The zero-order valence-corrected chi connectivity index (χ0v) is 11.4. The molecule has 0 fully saturated rings. The van der Waals surface area contributed by atoms with Gasteiger partial charge >= 0.3 is 0 Å². The summed E-state index contributed by atoms with van der Waals surface area (Å²) in [6.07, 6.45) is 1.37. The van der Waals surface area contributed by atoms with Gasteiger partial charge in [-0.25, -0.2) is 9.97 Å². The standard InChI is InChI=1S/C11H10BrClN4/c1-6-7(12)3-2-4-8(6)17-11-9(14)10(13)15-5-16-11/h2-5H,14H2,1H3,(H,15,16,17). The first-order valence-electron chi connectivity index (χ1n) is 4.87. The lowest BCUT2D eigenvalue weighted by Gasteiger charge is -2.11. The van der Waals surface area contributed by atoms with E-state index in [2.05, 4.69) is 31.2 Å². The van der Waals surface area contributed by atoms with Crippen molar-refractivity contribution in [1.29, 1.82) is 0 Å². The van der Waals surface area contributed by atoms with Gasteiger partial charge in [0.1, 0.15) is 12.0 Å². The average Bonchev–Trinajstić information content (AvgIpc) is 2.31. The number of hydrogen-bond donors (Lipinski definition) is 2. The Morgan fingerprint density at radius 1 is 1.35 bits per heavy atom. The summed E-state index contributed by atoms with van der Waals surface area (Å²) in [7, 11) is 0. The van der Waals surface area contributed by atoms with E-state index in [9.17, 15) is 0 Å². The van der Waals surface area contributed by atoms with Gasteiger partial charge in [-0.1, -0.05) is 33.6 Å². The number of nitrogens with two attached hydrogens (primary N) is 1. The van der Waals surface area contributed by atoms with Crippen LogP contribution in [0, 0.1) is 6.92 Å². The average molecular weight is 314 g/mol. The summed E-state index contributed by atoms with van der Waals surface area (Å²) in [5, 5.41) is 3.38. The Balaban J connectivity index is 2.38. The molecule has 0 aliphatic carbocycles. The molecular formula is C11H10BrClN4. The van der Waals surface area contributed by atoms with Crippen LogP contribution in [0.15, 0.2) is 29.0 Å². The van der Waals surface area contributed by atoms with E-state index in [0.29, 0.717) is 11.5 Å². The lowest BCUT2D eigenvalue weighted by atomic mass is 10.2. The second-order valence-electron chi connectivity index (χ2n) is 3.46. The lowest BCUT2D eigenvalue weighted by molar-refractivity contribution is 1.17. The van der Waals surface area contributed by atoms with E-state index in [1.54, 1.807) is 0 Å². The molecule has 1 aromatic heterocycles. The quantitative estimate of drug-likeness (QED) is 0.833. The molecule has 2 aromatic rings. The van der Waals surface area contributed by atoms with Crippen LogP contribution in [0.25, 0.3) is 0 Å². The molecule has 0 unspecified atom stereocenters. The fourth-order valence-corrected chi connectivity index (χ4v) is 1.84. The van der Waals surface area contributed by atoms with Crippen molar-refractivity contribution < 1.29 is 0 Å². The fraction of sp³-hybridized carbons (Fsp3) is 0.0909. The molecule has 1 heterocycles. The van der Waals surface area contributed by atoms with Crippen LogP contribution in [0.2, 0.25) is 5.15 Å². The Bertz CT molecular complexity index is 510. The summed E-state index contributed by atoms with van der Waals surface area (Å²) in [4.78, 5) is 7.86. The van der Waals surface area contributed by atoms with Gasteiger partial charge in [0.15, 0.2) is 11.0 Å². The van der Waals surface area contributed by atoms with Gasteiger partial charge in [0.05, 0.1) is 0 Å². The van der Waals surface area contributed by atoms with Gasteiger partial charge in [0.25, 0.3) is 0 Å². The molecule has 17 heavy (non-hydrogen) atoms. The summed E-state index contributed by atoms with van der Waals surface area (Å²) in [6, 6.07) is 5.84. The number of nitrogen functional groups attached to an aromatic ring is 1. The Morgan fingerprint density at radius 3 is 2.88 bits per heavy atom. The highest BCUT2D eigenvalue weighted by molar-refractivity contribution is 9.10. The van der Waals surface area contributed by atoms with E-state index in [-0.39, 0.29) is 5.15 Å². The van der Waals surface area contributed by atoms with Crippen molar-refractivity contribution in [2.24, 2.45) is 0 Å². The largest absolute Gasteiger partial charge is 0.393 e. The predicted octanol–water partition coefficient (Wildman–Crippen LogP) is 3.53. The first-order valence-corrected chi connectivity index (χ1v) is 6.05. The first kappa shape index (κ1) is 12.1. The minimum atomic E-state index is 0.246. The molecule has 0 aliphatic heterocycles. The molecule has 0 radical (unpaired) electrons. The normalized spacial score (nSPS) is 10.3. The molecule has 0 spiro atoms. The summed E-state index contributed by atoms with van der Waals surface area (Å²) in [5.41, 5.74) is 8.12. The topological polar surface area (TPSA) is 63.8 Å². The Hall–Kier alpha value is -1.33. The van der Waals surface area contributed by atoms with Crippen molar-refractivity contribution in [3.8, 4) is 0 Å². The van der Waals surface area contributed by atoms with Crippen molar-refractivity contribution in [2.75, 3.05) is 11.1 Å². The summed E-state index contributed by atoms with van der Waals surface area (Å²) >= 11 is 9.29. The molecule has 3 N–H and O–H groups in total. The number of nitrogens with zero attached hydrogens (tertiary/aromatic N) is 2. The molecule has 0 aliphatic rings. The van der Waals surface area contributed by atoms with Crippen LogP contribution < -0.4 is 11.1 Å². The van der Waals surface area contributed by atoms with Gasteiger partial charge in [-0.3, -0.25) is 0 Å². The van der Waals surface area contributed by atoms with Crippen LogP contribution in [0.5, 0.6) is 0 Å². The summed E-state index contributed by atoms with van der Waals surface area (Å²) in [5.74, 6) is 0.506. The molecule has 88 valence electrons. The molecule has 0 saturated carbocycles. The highest BCUT2D eigenvalue weighted by Crippen LogP contribution is 2.29. The summed E-state index contributed by atoms with van der Waals surface area (Å²) < 4.78 is 1.02. The number of benzene rings is 1. The van der Waals surface area contributed by atoms with Crippen molar-refractivity contribution in [1.82, 2.24) is 9.97 Å². The minimum absolute atomic E-state index is 0.246. The van der Waals surface area contributed by atoms with Crippen LogP contribution in [0.1, 0.15) is 5.56 Å². The van der Waals surface area contributed by atoms with Crippen molar-refractivity contribution >= 4 is 44.7 Å². The third kappa shape index (κ3) is 2.50. The second-order valence-corrected chi connectivity index (χ2v) is 4.68. The maximum atomic E-state index is 5.83. The number of halogens is 2. The maximum Gasteiger partial charge on any atom is 0.158 e. The van der Waals surface area contributed by atoms with Crippen molar-refractivity contribution in [3.63, 3.8) is 0 Å². The third-order valence-electron chi connectivity index (χ3n) is 2.36. The molecule has 1 aromatic carbocycles. The molecule has 6 heteroatoms. The van der Waals surface area contributed by atoms with E-state index in [4.69, 9.17) is 17.3 Å². The monoisotopic (exact) mass is 312 g/mol. The van der Waals surface area contributed by atoms with Crippen LogP contribution in [0.4, 0.5) is 17.2 Å². The third-order valence-corrected chi connectivity index (χ3v) is 3.52. The highest BCUT2D eigenvalue weighted by Gasteiger charge is 2.08. The predicted molar refractivity (Wildman–Crippen MR) is 73.6 cm³/mol. The number of nitrogens with one attached hydrogen (secondary N) is 1. The van der Waals surface area contributed by atoms with E-state index in [1.165, 1.54) is 6.33 Å². The summed E-state index contributed by atoms with van der Waals surface area (Å²) in [6.45, 7) is 1.99. The van der Waals surface area contributed by atoms with Crippen LogP contribution >= 0.6 is 27.5 Å². The number of aromatic nitrogens is 2. The van der Waals surface area contributed by atoms with Crippen molar-refractivity contribution in [3.05, 3.63) is 39.7 Å². The van der Waals surface area contributed by atoms with Gasteiger partial charge in [-0.2, -0.15) is 0 Å². The maximum absolute atomic E-state index is 5.83. The van der Waals surface area contributed by atoms with Gasteiger partial charge in [0, 0.05) is 10.2 Å². The molecule has 2 rings (SSSR count). The zero-order valence-electron chi connectivity index (χ0n) is 9.04. The van der Waals surface area contributed by atoms with Gasteiger partial charge < -0.3 is 11.1 Å². The van der Waals surface area contributed by atoms with Crippen molar-refractivity contribution in [2.45, 2.75) is 6.92 Å². The second kappa shape index (κ2) is 4.89. The number of hydrogen-bond acceptors (Lipinski definition) is 4. The number of anilines is 3. The Labute approximate surface area is 112 Å². The Morgan fingerprint density at radius 2 is 2.12 bits per heavy atom. The smallest absolute Gasteiger partial charge is 0.158 e. The SMILES string of the molecule is Cc1c(Br)cccc1Nc1ncnc(Cl)c1N. The Kier molecular flexibility index (Phi) is 3.49. The van der Waals surface area contributed by atoms with E-state index < -0.39 is 0 Å². The minimum Gasteiger partial charge on any atom is -0.393 e. The first-order chi connectivity index (χ1) is 8.09. The number of rotatable bonds is 2. The molecule has 0 bridgehead atoms. The molecule has 0 saturated heterocycles. The van der Waals surface area contributed by atoms with Crippen LogP contribution in [0.3, 0.4) is 0 Å². The molecule has 0 atom stereocenters. The van der Waals surface area contributed by atoms with Crippen LogP contribution in [-0.2, 0) is 0 Å². The van der Waals surface area contributed by atoms with Gasteiger partial charge in [0.2, 0.25) is 0 Å². The molecule has 0 amide bonds. The molecule has 4 nitrogen and oxygen atoms in total. The van der Waals surface area contributed by atoms with Gasteiger partial charge in [-0.15, -0.1) is 0 Å². The zero-order chi connectivity index (χ0) is 12.4. The van der Waals surface area contributed by atoms with Gasteiger partial charge in [-0.05, 0) is 24.6 Å². The fourth-order valence-electron chi connectivity index (χ4n) is 1.34. The molecular weight excluding hydrogens is 304 g/mol.